The molecule has 4 rings (SSSR count). The summed E-state index contributed by atoms with van der Waals surface area (Å²) in [5, 5.41) is 12.7. The smallest absolute Gasteiger partial charge is 0.341 e. The third-order valence-corrected chi connectivity index (χ3v) is 5.45. The summed E-state index contributed by atoms with van der Waals surface area (Å²) in [7, 11) is 0. The molecule has 0 bridgehead atoms. The lowest BCUT2D eigenvalue weighted by Crippen LogP contribution is -2.20. The van der Waals surface area contributed by atoms with Crippen molar-refractivity contribution >= 4 is 39.7 Å². The highest BCUT2D eigenvalue weighted by Crippen LogP contribution is 2.33. The van der Waals surface area contributed by atoms with E-state index in [-0.39, 0.29) is 28.1 Å². The molecule has 0 unspecified atom stereocenters. The van der Waals surface area contributed by atoms with Gasteiger partial charge in [0.05, 0.1) is 22.6 Å². The van der Waals surface area contributed by atoms with E-state index < -0.39 is 34.9 Å². The number of ketones is 1. The van der Waals surface area contributed by atoms with Crippen LogP contribution in [0.3, 0.4) is 0 Å². The molecule has 0 atom stereocenters. The highest BCUT2D eigenvalue weighted by atomic mass is 16.6. The third-order valence-electron chi connectivity index (χ3n) is 5.45. The second-order valence-corrected chi connectivity index (χ2v) is 8.76. The molecule has 0 saturated carbocycles. The number of rotatable bonds is 7. The third kappa shape index (κ3) is 4.43. The van der Waals surface area contributed by atoms with E-state index in [4.69, 9.17) is 9.47 Å². The van der Waals surface area contributed by atoms with E-state index in [9.17, 15) is 24.5 Å². The summed E-state index contributed by atoms with van der Waals surface area (Å²) in [6, 6.07) is 14.2. The Labute approximate surface area is 206 Å². The van der Waals surface area contributed by atoms with Gasteiger partial charge >= 0.3 is 11.9 Å². The molecule has 9 nitrogen and oxygen atoms in total. The maximum Gasteiger partial charge on any atom is 0.341 e. The van der Waals surface area contributed by atoms with E-state index in [0.717, 1.165) is 11.5 Å². The van der Waals surface area contributed by atoms with E-state index in [1.807, 2.05) is 12.1 Å². The molecule has 0 fully saturated rings. The van der Waals surface area contributed by atoms with Crippen LogP contribution in [0, 0.1) is 10.1 Å². The molecule has 0 aliphatic rings. The number of hydrogen-bond acceptors (Lipinski definition) is 7. The molecule has 0 saturated heterocycles. The first-order valence-electron chi connectivity index (χ1n) is 11.4. The van der Waals surface area contributed by atoms with Gasteiger partial charge in [0.1, 0.15) is 16.8 Å². The molecular formula is C27H24N2O7. The van der Waals surface area contributed by atoms with Gasteiger partial charge in [-0.05, 0) is 39.1 Å². The highest BCUT2D eigenvalue weighted by molar-refractivity contribution is 6.22. The van der Waals surface area contributed by atoms with E-state index in [0.29, 0.717) is 10.9 Å². The van der Waals surface area contributed by atoms with Crippen molar-refractivity contribution in [2.24, 2.45) is 0 Å². The van der Waals surface area contributed by atoms with Crippen molar-refractivity contribution in [3.63, 3.8) is 0 Å². The van der Waals surface area contributed by atoms with Crippen molar-refractivity contribution in [2.45, 2.75) is 39.9 Å². The normalized spacial score (nSPS) is 11.3. The highest BCUT2D eigenvalue weighted by Gasteiger charge is 2.35. The van der Waals surface area contributed by atoms with Crippen LogP contribution in [0.5, 0.6) is 0 Å². The second-order valence-electron chi connectivity index (χ2n) is 8.76. The molecular weight excluding hydrogens is 464 g/mol. The average molecular weight is 488 g/mol. The van der Waals surface area contributed by atoms with Crippen LogP contribution in [-0.2, 0) is 9.47 Å². The Morgan fingerprint density at radius 2 is 1.50 bits per heavy atom. The summed E-state index contributed by atoms with van der Waals surface area (Å²) < 4.78 is 12.4. The summed E-state index contributed by atoms with van der Waals surface area (Å²) in [6.07, 6.45) is 0.555. The molecule has 4 aromatic rings. The maximum atomic E-state index is 13.8. The molecule has 0 aliphatic heterocycles. The maximum absolute atomic E-state index is 13.8. The lowest BCUT2D eigenvalue weighted by atomic mass is 10.0. The zero-order valence-electron chi connectivity index (χ0n) is 20.2. The fourth-order valence-electron chi connectivity index (χ4n) is 4.08. The van der Waals surface area contributed by atoms with Gasteiger partial charge in [0.15, 0.2) is 0 Å². The fourth-order valence-corrected chi connectivity index (χ4v) is 4.08. The van der Waals surface area contributed by atoms with Gasteiger partial charge in [-0.2, -0.15) is 0 Å². The molecule has 0 spiro atoms. The van der Waals surface area contributed by atoms with Gasteiger partial charge in [-0.25, -0.2) is 9.59 Å². The van der Waals surface area contributed by atoms with Gasteiger partial charge < -0.3 is 13.9 Å². The Balaban J connectivity index is 2.12. The Morgan fingerprint density at radius 3 is 2.14 bits per heavy atom. The zero-order valence-corrected chi connectivity index (χ0v) is 20.2. The minimum Gasteiger partial charge on any atom is -0.459 e. The molecule has 2 aromatic carbocycles. The number of nitro groups is 1. The number of carbonyl (C=O) groups is 3. The van der Waals surface area contributed by atoms with Crippen molar-refractivity contribution in [3.05, 3.63) is 93.3 Å². The van der Waals surface area contributed by atoms with Crippen molar-refractivity contribution < 1.29 is 28.8 Å². The van der Waals surface area contributed by atoms with Gasteiger partial charge in [-0.15, -0.1) is 0 Å². The predicted octanol–water partition coefficient (Wildman–Crippen LogP) is 5.36. The molecule has 9 heteroatoms. The van der Waals surface area contributed by atoms with Crippen molar-refractivity contribution in [3.8, 4) is 0 Å². The Hall–Kier alpha value is -4.53. The Morgan fingerprint density at radius 1 is 0.861 bits per heavy atom. The predicted molar refractivity (Wildman–Crippen MR) is 133 cm³/mol. The summed E-state index contributed by atoms with van der Waals surface area (Å²) in [4.78, 5) is 51.3. The first-order valence-corrected chi connectivity index (χ1v) is 11.4. The minimum absolute atomic E-state index is 0.0147. The summed E-state index contributed by atoms with van der Waals surface area (Å²) in [6.45, 7) is 6.65. The van der Waals surface area contributed by atoms with Gasteiger partial charge in [-0.1, -0.05) is 36.4 Å². The first kappa shape index (κ1) is 24.6. The number of esters is 2. The van der Waals surface area contributed by atoms with Gasteiger partial charge in [0.2, 0.25) is 5.78 Å². The number of aromatic nitrogens is 1. The van der Waals surface area contributed by atoms with E-state index in [2.05, 4.69) is 0 Å². The van der Waals surface area contributed by atoms with Crippen LogP contribution in [-0.4, -0.2) is 39.3 Å². The van der Waals surface area contributed by atoms with Crippen LogP contribution in [0.25, 0.3) is 16.3 Å². The van der Waals surface area contributed by atoms with Crippen molar-refractivity contribution in [2.75, 3.05) is 0 Å². The topological polar surface area (TPSA) is 117 Å². The molecule has 0 aliphatic carbocycles. The van der Waals surface area contributed by atoms with Crippen molar-refractivity contribution in [1.82, 2.24) is 4.40 Å². The van der Waals surface area contributed by atoms with Gasteiger partial charge in [0.25, 0.3) is 5.69 Å². The number of pyridine rings is 1. The molecule has 2 aromatic heterocycles. The number of carbonyl (C=O) groups excluding carboxylic acids is 3. The summed E-state index contributed by atoms with van der Waals surface area (Å²) in [5.41, 5.74) is -0.472. The van der Waals surface area contributed by atoms with Gasteiger partial charge in [-0.3, -0.25) is 14.9 Å². The number of nitrogens with zero attached hydrogens (tertiary/aromatic N) is 2. The molecule has 0 radical (unpaired) electrons. The number of ether oxygens (including phenoxy) is 2. The lowest BCUT2D eigenvalue weighted by Gasteiger charge is -2.12. The second kappa shape index (κ2) is 9.61. The van der Waals surface area contributed by atoms with E-state index in [1.165, 1.54) is 22.6 Å². The molecule has 2 heterocycles. The largest absolute Gasteiger partial charge is 0.459 e. The van der Waals surface area contributed by atoms with Crippen molar-refractivity contribution in [1.29, 1.82) is 0 Å². The summed E-state index contributed by atoms with van der Waals surface area (Å²) >= 11 is 0. The molecule has 184 valence electrons. The Bertz CT molecular complexity index is 1530. The molecule has 36 heavy (non-hydrogen) atoms. The first-order chi connectivity index (χ1) is 17.1. The number of fused-ring (bicyclic) bond motifs is 3. The van der Waals surface area contributed by atoms with Gasteiger partial charge in [0, 0.05) is 29.3 Å². The zero-order chi connectivity index (χ0) is 26.1. The summed E-state index contributed by atoms with van der Waals surface area (Å²) in [5.74, 6) is -2.33. The monoisotopic (exact) mass is 488 g/mol. The fraction of sp³-hybridized carbons (Fsp3) is 0.222. The number of nitro benzene ring substituents is 1. The minimum atomic E-state index is -0.873. The van der Waals surface area contributed by atoms with Crippen LogP contribution in [0.1, 0.15) is 64.5 Å². The van der Waals surface area contributed by atoms with E-state index >= 15 is 0 Å². The average Bonchev–Trinajstić information content (AvgIpc) is 3.19. The SMILES string of the molecule is CC(C)OC(=O)c1c(C(=O)OC(C)C)c2c3ccccc3ccn2c1C(=O)c1cccc([N+](=O)[O-])c1. The van der Waals surface area contributed by atoms with Crippen LogP contribution >= 0.6 is 0 Å². The quantitative estimate of drug-likeness (QED) is 0.149. The number of non-ortho nitro benzene ring substituents is 1. The van der Waals surface area contributed by atoms with Crippen LogP contribution in [0.4, 0.5) is 5.69 Å². The lowest BCUT2D eigenvalue weighted by molar-refractivity contribution is -0.384. The van der Waals surface area contributed by atoms with Crippen LogP contribution in [0.2, 0.25) is 0 Å². The number of benzene rings is 2. The molecule has 0 amide bonds. The van der Waals surface area contributed by atoms with Crippen LogP contribution in [0.15, 0.2) is 60.8 Å². The standard InChI is InChI=1S/C27H24N2O7/c1-15(2)35-26(31)21-22(27(32)36-16(3)4)24(25(30)18-9-7-10-19(14-18)29(33)34)28-13-12-17-8-5-6-11-20(17)23(21)28/h5-16H,1-4H3. The molecule has 0 N–H and O–H groups in total. The van der Waals surface area contributed by atoms with E-state index in [1.54, 1.807) is 52.1 Å². The van der Waals surface area contributed by atoms with Crippen LogP contribution < -0.4 is 0 Å². The number of hydrogen-bond donors (Lipinski definition) is 0. The Kier molecular flexibility index (Phi) is 6.57.